The minimum Gasteiger partial charge on any atom is -0.332 e. The molecule has 24 heavy (non-hydrogen) atoms. The first-order valence-electron chi connectivity index (χ1n) is 8.61. The molecule has 1 N–H and O–H groups in total. The molecule has 1 aliphatic carbocycles. The van der Waals surface area contributed by atoms with Crippen LogP contribution in [0.15, 0.2) is 36.7 Å². The van der Waals surface area contributed by atoms with Crippen LogP contribution in [0.3, 0.4) is 0 Å². The maximum atomic E-state index is 12.9. The molecule has 0 spiro atoms. The van der Waals surface area contributed by atoms with E-state index in [4.69, 9.17) is 0 Å². The Morgan fingerprint density at radius 2 is 2.08 bits per heavy atom. The molecule has 6 nitrogen and oxygen atoms in total. The number of carbonyl (C=O) groups excluding carboxylic acids is 1. The Kier molecular flexibility index (Phi) is 4.11. The number of likely N-dealkylation sites (tertiary alicyclic amines) is 1. The molecular formula is C18H21N5O. The van der Waals surface area contributed by atoms with Crippen molar-refractivity contribution in [3.8, 4) is 11.4 Å². The van der Waals surface area contributed by atoms with E-state index in [2.05, 4.69) is 32.3 Å². The number of hydrogen-bond donors (Lipinski definition) is 1. The molecule has 1 fully saturated rings. The van der Waals surface area contributed by atoms with E-state index in [9.17, 15) is 4.79 Å². The molecule has 0 radical (unpaired) electrons. The number of aromatic amines is 1. The van der Waals surface area contributed by atoms with Crippen molar-refractivity contribution in [3.63, 3.8) is 0 Å². The zero-order valence-corrected chi connectivity index (χ0v) is 13.6. The SMILES string of the molecule is O=C([C@H]1CC=CCC1)N1CCC[C@@H]1c1nc(-c2ccncc2)n[nH]1. The Morgan fingerprint density at radius 1 is 1.21 bits per heavy atom. The minimum absolute atomic E-state index is 0.0199. The van der Waals surface area contributed by atoms with Crippen LogP contribution in [0.1, 0.15) is 44.0 Å². The van der Waals surface area contributed by atoms with Gasteiger partial charge in [0.05, 0.1) is 6.04 Å². The number of rotatable bonds is 3. The first-order chi connectivity index (χ1) is 11.8. The van der Waals surface area contributed by atoms with Gasteiger partial charge in [-0.05, 0) is 44.2 Å². The molecule has 124 valence electrons. The van der Waals surface area contributed by atoms with E-state index in [0.717, 1.165) is 50.0 Å². The van der Waals surface area contributed by atoms with Crippen LogP contribution in [-0.4, -0.2) is 37.5 Å². The van der Waals surface area contributed by atoms with Gasteiger partial charge in [0.25, 0.3) is 0 Å². The summed E-state index contributed by atoms with van der Waals surface area (Å²) in [6.07, 6.45) is 12.5. The zero-order valence-electron chi connectivity index (χ0n) is 13.6. The van der Waals surface area contributed by atoms with Gasteiger partial charge in [0.2, 0.25) is 5.91 Å². The third kappa shape index (κ3) is 2.84. The topological polar surface area (TPSA) is 74.8 Å². The molecule has 0 aromatic carbocycles. The van der Waals surface area contributed by atoms with Crippen molar-refractivity contribution in [3.05, 3.63) is 42.5 Å². The lowest BCUT2D eigenvalue weighted by atomic mass is 9.93. The fourth-order valence-corrected chi connectivity index (χ4v) is 3.62. The molecule has 2 aliphatic rings. The summed E-state index contributed by atoms with van der Waals surface area (Å²) in [6.45, 7) is 0.814. The van der Waals surface area contributed by atoms with Crippen LogP contribution in [-0.2, 0) is 4.79 Å². The van der Waals surface area contributed by atoms with Crippen molar-refractivity contribution in [2.45, 2.75) is 38.1 Å². The number of hydrogen-bond acceptors (Lipinski definition) is 4. The minimum atomic E-state index is 0.0199. The number of nitrogens with one attached hydrogen (secondary N) is 1. The van der Waals surface area contributed by atoms with Crippen LogP contribution in [0.5, 0.6) is 0 Å². The lowest BCUT2D eigenvalue weighted by Gasteiger charge is -2.28. The average molecular weight is 323 g/mol. The molecule has 0 unspecified atom stereocenters. The summed E-state index contributed by atoms with van der Waals surface area (Å²) in [5, 5.41) is 7.37. The summed E-state index contributed by atoms with van der Waals surface area (Å²) in [4.78, 5) is 23.5. The maximum absolute atomic E-state index is 12.9. The highest BCUT2D eigenvalue weighted by atomic mass is 16.2. The van der Waals surface area contributed by atoms with Gasteiger partial charge in [-0.1, -0.05) is 12.2 Å². The molecule has 1 saturated heterocycles. The van der Waals surface area contributed by atoms with Crippen molar-refractivity contribution in [2.75, 3.05) is 6.54 Å². The maximum Gasteiger partial charge on any atom is 0.226 e. The Bertz CT molecular complexity index is 739. The van der Waals surface area contributed by atoms with E-state index in [1.54, 1.807) is 12.4 Å². The third-order valence-corrected chi connectivity index (χ3v) is 4.91. The van der Waals surface area contributed by atoms with Crippen molar-refractivity contribution in [2.24, 2.45) is 5.92 Å². The van der Waals surface area contributed by atoms with Gasteiger partial charge in [-0.2, -0.15) is 5.10 Å². The van der Waals surface area contributed by atoms with Gasteiger partial charge in [-0.25, -0.2) is 4.98 Å². The predicted molar refractivity (Wildman–Crippen MR) is 89.8 cm³/mol. The largest absolute Gasteiger partial charge is 0.332 e. The van der Waals surface area contributed by atoms with E-state index < -0.39 is 0 Å². The second kappa shape index (κ2) is 6.55. The van der Waals surface area contributed by atoms with Crippen molar-refractivity contribution >= 4 is 5.91 Å². The third-order valence-electron chi connectivity index (χ3n) is 4.91. The van der Waals surface area contributed by atoms with E-state index in [0.29, 0.717) is 5.82 Å². The molecule has 3 heterocycles. The molecule has 2 aromatic rings. The zero-order chi connectivity index (χ0) is 16.4. The van der Waals surface area contributed by atoms with Gasteiger partial charge in [0.1, 0.15) is 5.82 Å². The van der Waals surface area contributed by atoms with Gasteiger partial charge in [0, 0.05) is 30.4 Å². The molecule has 2 aromatic heterocycles. The van der Waals surface area contributed by atoms with Crippen LogP contribution >= 0.6 is 0 Å². The Morgan fingerprint density at radius 3 is 2.88 bits per heavy atom. The highest BCUT2D eigenvalue weighted by Crippen LogP contribution is 2.33. The van der Waals surface area contributed by atoms with E-state index in [1.165, 1.54) is 0 Å². The molecule has 0 saturated carbocycles. The highest BCUT2D eigenvalue weighted by Gasteiger charge is 2.35. The van der Waals surface area contributed by atoms with Crippen molar-refractivity contribution in [1.82, 2.24) is 25.1 Å². The number of allylic oxidation sites excluding steroid dienone is 2. The molecule has 0 bridgehead atoms. The van der Waals surface area contributed by atoms with Crippen LogP contribution in [0.25, 0.3) is 11.4 Å². The van der Waals surface area contributed by atoms with Gasteiger partial charge in [0.15, 0.2) is 5.82 Å². The van der Waals surface area contributed by atoms with Crippen molar-refractivity contribution < 1.29 is 4.79 Å². The smallest absolute Gasteiger partial charge is 0.226 e. The van der Waals surface area contributed by atoms with E-state index in [-0.39, 0.29) is 17.9 Å². The molecular weight excluding hydrogens is 302 g/mol. The van der Waals surface area contributed by atoms with Gasteiger partial charge < -0.3 is 4.90 Å². The summed E-state index contributed by atoms with van der Waals surface area (Å²) in [5.41, 5.74) is 0.931. The van der Waals surface area contributed by atoms with Gasteiger partial charge in [-0.3, -0.25) is 14.9 Å². The van der Waals surface area contributed by atoms with Gasteiger partial charge in [-0.15, -0.1) is 0 Å². The summed E-state index contributed by atoms with van der Waals surface area (Å²) < 4.78 is 0. The number of aromatic nitrogens is 4. The number of amides is 1. The van der Waals surface area contributed by atoms with Crippen LogP contribution in [0, 0.1) is 5.92 Å². The highest BCUT2D eigenvalue weighted by molar-refractivity contribution is 5.80. The van der Waals surface area contributed by atoms with Crippen LogP contribution in [0.4, 0.5) is 0 Å². The quantitative estimate of drug-likeness (QED) is 0.881. The van der Waals surface area contributed by atoms with Crippen molar-refractivity contribution in [1.29, 1.82) is 0 Å². The van der Waals surface area contributed by atoms with Crippen LogP contribution < -0.4 is 0 Å². The summed E-state index contributed by atoms with van der Waals surface area (Å²) in [5.74, 6) is 1.84. The van der Waals surface area contributed by atoms with Crippen LogP contribution in [0.2, 0.25) is 0 Å². The Balaban J connectivity index is 1.54. The second-order valence-corrected chi connectivity index (χ2v) is 6.45. The molecule has 1 aliphatic heterocycles. The summed E-state index contributed by atoms with van der Waals surface area (Å²) in [7, 11) is 0. The lowest BCUT2D eigenvalue weighted by molar-refractivity contribution is -0.136. The fourth-order valence-electron chi connectivity index (χ4n) is 3.62. The number of H-pyrrole nitrogens is 1. The predicted octanol–water partition coefficient (Wildman–Crippen LogP) is 2.89. The number of pyridine rings is 1. The lowest BCUT2D eigenvalue weighted by Crippen LogP contribution is -2.36. The molecule has 2 atom stereocenters. The standard InChI is InChI=1S/C18H21N5O/c24-18(14-5-2-1-3-6-14)23-12-4-7-15(23)17-20-16(21-22-17)13-8-10-19-11-9-13/h1-2,8-11,14-15H,3-7,12H2,(H,20,21,22)/t14-,15+/m0/s1. The first kappa shape index (κ1) is 15.1. The Hall–Kier alpha value is -2.50. The number of carbonyl (C=O) groups is 1. The van der Waals surface area contributed by atoms with E-state index >= 15 is 0 Å². The number of nitrogens with zero attached hydrogens (tertiary/aromatic N) is 4. The molecule has 4 rings (SSSR count). The second-order valence-electron chi connectivity index (χ2n) is 6.45. The summed E-state index contributed by atoms with van der Waals surface area (Å²) >= 11 is 0. The first-order valence-corrected chi connectivity index (χ1v) is 8.61. The fraction of sp³-hybridized carbons (Fsp3) is 0.444. The normalized spacial score (nSPS) is 23.6. The van der Waals surface area contributed by atoms with Gasteiger partial charge >= 0.3 is 0 Å². The molecule has 6 heteroatoms. The van der Waals surface area contributed by atoms with E-state index in [1.807, 2.05) is 17.0 Å². The molecule has 1 amide bonds. The average Bonchev–Trinajstić information content (AvgIpc) is 3.32. The summed E-state index contributed by atoms with van der Waals surface area (Å²) in [6, 6.07) is 3.80. The Labute approximate surface area is 141 Å². The monoisotopic (exact) mass is 323 g/mol.